The van der Waals surface area contributed by atoms with E-state index in [-0.39, 0.29) is 15.5 Å². The van der Waals surface area contributed by atoms with Crippen LogP contribution in [-0.4, -0.2) is 14.3 Å². The van der Waals surface area contributed by atoms with E-state index in [0.717, 1.165) is 24.8 Å². The van der Waals surface area contributed by atoms with Crippen molar-refractivity contribution in [3.63, 3.8) is 0 Å². The Bertz CT molecular complexity index is 914. The number of hydrogen-bond donors (Lipinski definition) is 2. The summed E-state index contributed by atoms with van der Waals surface area (Å²) in [5.41, 5.74) is 4.44. The second kappa shape index (κ2) is 6.72. The molecule has 0 fully saturated rings. The lowest BCUT2D eigenvalue weighted by Gasteiger charge is -2.10. The monoisotopic (exact) mass is 384 g/mol. The van der Waals surface area contributed by atoms with Crippen LogP contribution in [0.2, 0.25) is 10.0 Å². The maximum absolute atomic E-state index is 12.3. The van der Waals surface area contributed by atoms with Crippen LogP contribution in [-0.2, 0) is 22.9 Å². The Morgan fingerprint density at radius 2 is 1.75 bits per heavy atom. The van der Waals surface area contributed by atoms with Gasteiger partial charge in [0.25, 0.3) is 15.9 Å². The lowest BCUT2D eigenvalue weighted by atomic mass is 10.1. The predicted molar refractivity (Wildman–Crippen MR) is 92.7 cm³/mol. The highest BCUT2D eigenvalue weighted by Gasteiger charge is 2.20. The van der Waals surface area contributed by atoms with Gasteiger partial charge in [-0.3, -0.25) is 10.2 Å². The Labute approximate surface area is 150 Å². The van der Waals surface area contributed by atoms with E-state index in [9.17, 15) is 13.2 Å². The predicted octanol–water partition coefficient (Wildman–Crippen LogP) is 3.11. The normalized spacial score (nSPS) is 13.6. The molecule has 0 unspecified atom stereocenters. The van der Waals surface area contributed by atoms with E-state index in [1.54, 1.807) is 6.07 Å². The van der Waals surface area contributed by atoms with Gasteiger partial charge in [-0.15, -0.1) is 4.83 Å². The minimum absolute atomic E-state index is 0.0841. The zero-order chi connectivity index (χ0) is 17.3. The van der Waals surface area contributed by atoms with Gasteiger partial charge in [0.15, 0.2) is 0 Å². The van der Waals surface area contributed by atoms with Gasteiger partial charge in [0, 0.05) is 5.02 Å². The number of nitrogens with one attached hydrogen (secondary N) is 2. The van der Waals surface area contributed by atoms with Gasteiger partial charge < -0.3 is 0 Å². The highest BCUT2D eigenvalue weighted by atomic mass is 35.5. The quantitative estimate of drug-likeness (QED) is 0.795. The molecule has 0 atom stereocenters. The van der Waals surface area contributed by atoms with Gasteiger partial charge >= 0.3 is 0 Å². The molecule has 0 aromatic heterocycles. The van der Waals surface area contributed by atoms with Gasteiger partial charge in [0.1, 0.15) is 0 Å². The summed E-state index contributed by atoms with van der Waals surface area (Å²) >= 11 is 11.7. The van der Waals surface area contributed by atoms with E-state index in [0.29, 0.717) is 5.02 Å². The number of carbonyl (C=O) groups is 1. The third-order valence-corrected chi connectivity index (χ3v) is 5.66. The molecule has 0 heterocycles. The van der Waals surface area contributed by atoms with Gasteiger partial charge in [-0.25, -0.2) is 8.42 Å². The summed E-state index contributed by atoms with van der Waals surface area (Å²) in [5, 5.41) is 0.500. The first-order valence-corrected chi connectivity index (χ1v) is 9.50. The topological polar surface area (TPSA) is 75.3 Å². The molecule has 2 aromatic carbocycles. The number of amides is 1. The molecule has 1 aliphatic carbocycles. The highest BCUT2D eigenvalue weighted by Crippen LogP contribution is 2.24. The summed E-state index contributed by atoms with van der Waals surface area (Å²) in [6.45, 7) is 0. The number of sulfonamides is 1. The summed E-state index contributed by atoms with van der Waals surface area (Å²) in [5.74, 6) is -0.688. The number of halogens is 2. The van der Waals surface area contributed by atoms with E-state index in [1.807, 2.05) is 6.07 Å². The van der Waals surface area contributed by atoms with Crippen LogP contribution >= 0.6 is 23.2 Å². The van der Waals surface area contributed by atoms with Crippen LogP contribution in [0.1, 0.15) is 27.9 Å². The summed E-state index contributed by atoms with van der Waals surface area (Å²) < 4.78 is 24.7. The second-order valence-corrected chi connectivity index (χ2v) is 7.99. The van der Waals surface area contributed by atoms with Crippen LogP contribution in [0.25, 0.3) is 0 Å². The van der Waals surface area contributed by atoms with E-state index >= 15 is 0 Å². The molecule has 1 aliphatic rings. The number of benzene rings is 2. The average Bonchev–Trinajstić information content (AvgIpc) is 3.02. The highest BCUT2D eigenvalue weighted by molar-refractivity contribution is 7.89. The van der Waals surface area contributed by atoms with Crippen molar-refractivity contribution in [2.75, 3.05) is 0 Å². The molecule has 5 nitrogen and oxygen atoms in total. The van der Waals surface area contributed by atoms with Crippen molar-refractivity contribution in [3.05, 3.63) is 63.1 Å². The number of aryl methyl sites for hydroxylation is 2. The van der Waals surface area contributed by atoms with Crippen LogP contribution < -0.4 is 10.3 Å². The molecule has 0 saturated carbocycles. The van der Waals surface area contributed by atoms with Crippen molar-refractivity contribution in [2.45, 2.75) is 24.2 Å². The first-order chi connectivity index (χ1) is 11.4. The van der Waals surface area contributed by atoms with E-state index in [4.69, 9.17) is 23.2 Å². The lowest BCUT2D eigenvalue weighted by Crippen LogP contribution is -2.41. The molecule has 2 N–H and O–H groups in total. The van der Waals surface area contributed by atoms with Gasteiger partial charge in [-0.2, -0.15) is 0 Å². The maximum atomic E-state index is 12.3. The number of carbonyl (C=O) groups excluding carboxylic acids is 1. The molecule has 3 rings (SSSR count). The van der Waals surface area contributed by atoms with Crippen LogP contribution in [0.5, 0.6) is 0 Å². The molecule has 0 aliphatic heterocycles. The second-order valence-electron chi connectivity index (χ2n) is 5.47. The molecule has 0 spiro atoms. The Balaban J connectivity index is 1.75. The molecular weight excluding hydrogens is 371 g/mol. The third-order valence-electron chi connectivity index (χ3n) is 3.85. The molecule has 126 valence electrons. The zero-order valence-electron chi connectivity index (χ0n) is 12.5. The van der Waals surface area contributed by atoms with Crippen molar-refractivity contribution < 1.29 is 13.2 Å². The van der Waals surface area contributed by atoms with E-state index < -0.39 is 15.9 Å². The molecule has 1 amide bonds. The first kappa shape index (κ1) is 17.2. The van der Waals surface area contributed by atoms with Gasteiger partial charge in [0.05, 0.1) is 15.5 Å². The average molecular weight is 385 g/mol. The smallest absolute Gasteiger partial charge is 0.267 e. The van der Waals surface area contributed by atoms with Crippen LogP contribution in [0.15, 0.2) is 41.3 Å². The molecule has 0 bridgehead atoms. The Hall–Kier alpha value is -1.60. The van der Waals surface area contributed by atoms with E-state index in [1.165, 1.54) is 29.8 Å². The lowest BCUT2D eigenvalue weighted by molar-refractivity contribution is 0.0945. The summed E-state index contributed by atoms with van der Waals surface area (Å²) in [6.07, 6.45) is 2.85. The van der Waals surface area contributed by atoms with Crippen molar-refractivity contribution >= 4 is 39.1 Å². The summed E-state index contributed by atoms with van der Waals surface area (Å²) in [4.78, 5) is 14.3. The minimum atomic E-state index is -3.87. The van der Waals surface area contributed by atoms with Crippen LogP contribution in [0, 0.1) is 0 Å². The Kier molecular flexibility index (Phi) is 4.83. The first-order valence-electron chi connectivity index (χ1n) is 7.26. The van der Waals surface area contributed by atoms with Crippen molar-refractivity contribution in [3.8, 4) is 0 Å². The zero-order valence-corrected chi connectivity index (χ0v) is 14.8. The molecular formula is C16H14Cl2N2O3S. The number of hydrogen-bond acceptors (Lipinski definition) is 3. The van der Waals surface area contributed by atoms with Crippen molar-refractivity contribution in [1.82, 2.24) is 10.3 Å². The molecule has 0 saturated heterocycles. The number of fused-ring (bicyclic) bond motifs is 1. The number of rotatable bonds is 4. The summed E-state index contributed by atoms with van der Waals surface area (Å²) in [7, 11) is -3.87. The molecule has 8 heteroatoms. The third kappa shape index (κ3) is 3.57. The minimum Gasteiger partial charge on any atom is -0.273 e. The SMILES string of the molecule is O=C(NNS(=O)(=O)c1ccc2c(c1)CCC2)c1cc(Cl)ccc1Cl. The molecule has 2 aromatic rings. The molecule has 24 heavy (non-hydrogen) atoms. The van der Waals surface area contributed by atoms with Crippen molar-refractivity contribution in [2.24, 2.45) is 0 Å². The fourth-order valence-electron chi connectivity index (χ4n) is 2.63. The number of hydrazine groups is 1. The van der Waals surface area contributed by atoms with Gasteiger partial charge in [-0.1, -0.05) is 29.3 Å². The maximum Gasteiger partial charge on any atom is 0.267 e. The molecule has 0 radical (unpaired) electrons. The Morgan fingerprint density at radius 1 is 1.00 bits per heavy atom. The standard InChI is InChI=1S/C16H14Cl2N2O3S/c17-12-5-7-15(18)14(9-12)16(21)19-20-24(22,23)13-6-4-10-2-1-3-11(10)8-13/h4-9,20H,1-3H2,(H,19,21). The van der Waals surface area contributed by atoms with E-state index in [2.05, 4.69) is 10.3 Å². The van der Waals surface area contributed by atoms with Crippen molar-refractivity contribution in [1.29, 1.82) is 0 Å². The summed E-state index contributed by atoms with van der Waals surface area (Å²) in [6, 6.07) is 9.35. The largest absolute Gasteiger partial charge is 0.273 e. The fraction of sp³-hybridized carbons (Fsp3) is 0.188. The Morgan fingerprint density at radius 3 is 2.54 bits per heavy atom. The van der Waals surface area contributed by atoms with Gasteiger partial charge in [0.2, 0.25) is 0 Å². The van der Waals surface area contributed by atoms with Gasteiger partial charge in [-0.05, 0) is 60.7 Å². The fourth-order valence-corrected chi connectivity index (χ4v) is 3.89. The van der Waals surface area contributed by atoms with Crippen LogP contribution in [0.3, 0.4) is 0 Å². The van der Waals surface area contributed by atoms with Crippen LogP contribution in [0.4, 0.5) is 0 Å².